The van der Waals surface area contributed by atoms with Gasteiger partial charge in [-0.2, -0.15) is 0 Å². The van der Waals surface area contributed by atoms with E-state index in [1.54, 1.807) is 29.5 Å². The van der Waals surface area contributed by atoms with Crippen LogP contribution in [0.15, 0.2) is 12.1 Å². The molecule has 0 spiro atoms. The Hall–Kier alpha value is -0.270. The van der Waals surface area contributed by atoms with Crippen LogP contribution in [-0.4, -0.2) is 13.2 Å². The molecule has 2 rings (SSSR count). The first-order valence-electron chi connectivity index (χ1n) is 4.46. The fourth-order valence-electron chi connectivity index (χ4n) is 1.50. The molecule has 0 aromatic heterocycles. The van der Waals surface area contributed by atoms with Crippen LogP contribution < -0.4 is 0 Å². The van der Waals surface area contributed by atoms with E-state index in [1.165, 1.54) is 12.1 Å². The maximum absolute atomic E-state index is 13.3. The van der Waals surface area contributed by atoms with Crippen molar-refractivity contribution in [3.8, 4) is 0 Å². The molecule has 82 valence electrons. The molecule has 1 aromatic carbocycles. The molecular weight excluding hydrogens is 317 g/mol. The summed E-state index contributed by atoms with van der Waals surface area (Å²) in [6, 6.07) is 2.49. The molecule has 0 N–H and O–H groups in total. The molecule has 1 aliphatic heterocycles. The zero-order chi connectivity index (χ0) is 11.1. The Kier molecular flexibility index (Phi) is 2.96. The van der Waals surface area contributed by atoms with Crippen LogP contribution in [0, 0.1) is 15.2 Å². The normalized spacial score (nSPS) is 19.5. The Morgan fingerprint density at radius 3 is 2.13 bits per heavy atom. The molecule has 0 amide bonds. The van der Waals surface area contributed by atoms with Gasteiger partial charge in [0.2, 0.25) is 0 Å². The highest BCUT2D eigenvalue weighted by Gasteiger charge is 2.34. The molecule has 0 saturated carbocycles. The summed E-state index contributed by atoms with van der Waals surface area (Å²) in [6.45, 7) is 2.53. The van der Waals surface area contributed by atoms with E-state index in [0.29, 0.717) is 18.8 Å². The summed E-state index contributed by atoms with van der Waals surface area (Å²) in [7, 11) is 0. The fourth-order valence-corrected chi connectivity index (χ4v) is 1.81. The fraction of sp³-hybridized carbons (Fsp3) is 0.400. The summed E-state index contributed by atoms with van der Waals surface area (Å²) in [6.07, 6.45) is 0. The molecule has 0 radical (unpaired) electrons. The summed E-state index contributed by atoms with van der Waals surface area (Å²) >= 11 is 1.62. The zero-order valence-corrected chi connectivity index (χ0v) is 10.2. The van der Waals surface area contributed by atoms with Gasteiger partial charge in [-0.15, -0.1) is 0 Å². The molecule has 1 aliphatic rings. The van der Waals surface area contributed by atoms with Crippen LogP contribution in [-0.2, 0) is 15.3 Å². The Labute approximate surface area is 99.7 Å². The molecule has 1 fully saturated rings. The molecule has 0 aliphatic carbocycles. The minimum atomic E-state index is -1.02. The Morgan fingerprint density at radius 2 is 1.67 bits per heavy atom. The average Bonchev–Trinajstić information content (AvgIpc) is 2.62. The third-order valence-electron chi connectivity index (χ3n) is 2.35. The summed E-state index contributed by atoms with van der Waals surface area (Å²) < 4.78 is 37.2. The van der Waals surface area contributed by atoms with Crippen molar-refractivity contribution in [1.82, 2.24) is 0 Å². The largest absolute Gasteiger partial charge is 0.344 e. The quantitative estimate of drug-likeness (QED) is 0.584. The third kappa shape index (κ3) is 2.00. The maximum atomic E-state index is 13.3. The maximum Gasteiger partial charge on any atom is 0.192 e. The van der Waals surface area contributed by atoms with Crippen molar-refractivity contribution in [2.75, 3.05) is 13.2 Å². The van der Waals surface area contributed by atoms with Gasteiger partial charge in [-0.3, -0.25) is 0 Å². The van der Waals surface area contributed by atoms with Gasteiger partial charge in [0.15, 0.2) is 5.79 Å². The number of hydrogen-bond donors (Lipinski definition) is 0. The van der Waals surface area contributed by atoms with Crippen molar-refractivity contribution >= 4 is 22.6 Å². The lowest BCUT2D eigenvalue weighted by Crippen LogP contribution is -2.23. The zero-order valence-electron chi connectivity index (χ0n) is 8.02. The van der Waals surface area contributed by atoms with Crippen LogP contribution in [0.5, 0.6) is 0 Å². The van der Waals surface area contributed by atoms with Crippen LogP contribution >= 0.6 is 22.6 Å². The third-order valence-corrected chi connectivity index (χ3v) is 3.38. The molecule has 0 atom stereocenters. The van der Waals surface area contributed by atoms with Gasteiger partial charge in [0.1, 0.15) is 11.6 Å². The second kappa shape index (κ2) is 3.95. The lowest BCUT2D eigenvalue weighted by Gasteiger charge is -2.22. The second-order valence-corrected chi connectivity index (χ2v) is 4.48. The summed E-state index contributed by atoms with van der Waals surface area (Å²) in [5.74, 6) is -2.21. The molecule has 1 aromatic rings. The molecule has 5 heteroatoms. The number of hydrogen-bond acceptors (Lipinski definition) is 2. The van der Waals surface area contributed by atoms with Gasteiger partial charge >= 0.3 is 0 Å². The van der Waals surface area contributed by atoms with Crippen LogP contribution in [0.3, 0.4) is 0 Å². The van der Waals surface area contributed by atoms with Crippen LogP contribution in [0.25, 0.3) is 0 Å². The van der Waals surface area contributed by atoms with E-state index >= 15 is 0 Å². The average molecular weight is 326 g/mol. The standard InChI is InChI=1S/C10H9F2IO2/c1-10(14-2-3-15-10)6-4-7(11)9(13)8(12)5-6/h4-5H,2-3H2,1H3. The minimum Gasteiger partial charge on any atom is -0.344 e. The predicted octanol–water partition coefficient (Wildman–Crippen LogP) is 2.79. The highest BCUT2D eigenvalue weighted by atomic mass is 127. The van der Waals surface area contributed by atoms with Gasteiger partial charge in [0.05, 0.1) is 16.8 Å². The van der Waals surface area contributed by atoms with Crippen molar-refractivity contribution < 1.29 is 18.3 Å². The molecule has 1 saturated heterocycles. The van der Waals surface area contributed by atoms with E-state index in [1.807, 2.05) is 0 Å². The van der Waals surface area contributed by atoms with E-state index in [2.05, 4.69) is 0 Å². The van der Waals surface area contributed by atoms with E-state index in [0.717, 1.165) is 0 Å². The first-order chi connectivity index (χ1) is 7.03. The number of benzene rings is 1. The van der Waals surface area contributed by atoms with E-state index in [-0.39, 0.29) is 3.57 Å². The van der Waals surface area contributed by atoms with E-state index in [4.69, 9.17) is 9.47 Å². The monoisotopic (exact) mass is 326 g/mol. The van der Waals surface area contributed by atoms with Crippen molar-refractivity contribution in [1.29, 1.82) is 0 Å². The van der Waals surface area contributed by atoms with Gasteiger partial charge in [0.25, 0.3) is 0 Å². The van der Waals surface area contributed by atoms with Crippen molar-refractivity contribution in [3.05, 3.63) is 32.9 Å². The first-order valence-corrected chi connectivity index (χ1v) is 5.54. The van der Waals surface area contributed by atoms with E-state index < -0.39 is 17.4 Å². The lowest BCUT2D eigenvalue weighted by atomic mass is 10.1. The SMILES string of the molecule is CC1(c2cc(F)c(I)c(F)c2)OCCO1. The summed E-state index contributed by atoms with van der Waals surface area (Å²) in [4.78, 5) is 0. The molecule has 1 heterocycles. The van der Waals surface area contributed by atoms with Crippen molar-refractivity contribution in [2.24, 2.45) is 0 Å². The van der Waals surface area contributed by atoms with Crippen LogP contribution in [0.4, 0.5) is 8.78 Å². The number of halogens is 3. The topological polar surface area (TPSA) is 18.5 Å². The molecule has 2 nitrogen and oxygen atoms in total. The lowest BCUT2D eigenvalue weighted by molar-refractivity contribution is -0.150. The summed E-state index contributed by atoms with van der Waals surface area (Å²) in [5, 5.41) is 0. The Bertz CT molecular complexity index is 366. The van der Waals surface area contributed by atoms with Crippen LogP contribution in [0.1, 0.15) is 12.5 Å². The highest BCUT2D eigenvalue weighted by molar-refractivity contribution is 14.1. The molecule has 15 heavy (non-hydrogen) atoms. The summed E-state index contributed by atoms with van der Waals surface area (Å²) in [5.41, 5.74) is 0.371. The van der Waals surface area contributed by atoms with Gasteiger partial charge in [-0.05, 0) is 41.6 Å². The van der Waals surface area contributed by atoms with Crippen molar-refractivity contribution in [3.63, 3.8) is 0 Å². The predicted molar refractivity (Wildman–Crippen MR) is 58.3 cm³/mol. The van der Waals surface area contributed by atoms with Gasteiger partial charge in [-0.25, -0.2) is 8.78 Å². The number of ether oxygens (including phenoxy) is 2. The minimum absolute atomic E-state index is 0.0158. The van der Waals surface area contributed by atoms with Gasteiger partial charge < -0.3 is 9.47 Å². The Balaban J connectivity index is 2.45. The molecule has 0 unspecified atom stereocenters. The van der Waals surface area contributed by atoms with Gasteiger partial charge in [0, 0.05) is 5.56 Å². The Morgan fingerprint density at radius 1 is 1.20 bits per heavy atom. The van der Waals surface area contributed by atoms with Crippen LogP contribution in [0.2, 0.25) is 0 Å². The van der Waals surface area contributed by atoms with Crippen molar-refractivity contribution in [2.45, 2.75) is 12.7 Å². The number of rotatable bonds is 1. The molecule has 0 bridgehead atoms. The molecular formula is C10H9F2IO2. The smallest absolute Gasteiger partial charge is 0.192 e. The second-order valence-electron chi connectivity index (χ2n) is 3.40. The highest BCUT2D eigenvalue weighted by Crippen LogP contribution is 2.32. The van der Waals surface area contributed by atoms with E-state index in [9.17, 15) is 8.78 Å². The first kappa shape index (κ1) is 11.2. The van der Waals surface area contributed by atoms with Gasteiger partial charge in [-0.1, -0.05) is 0 Å².